The number of anilines is 1. The van der Waals surface area contributed by atoms with Crippen LogP contribution in [-0.2, 0) is 16.6 Å². The Morgan fingerprint density at radius 3 is 2.22 bits per heavy atom. The number of sulfonamides is 1. The second kappa shape index (κ2) is 6.40. The number of nitrogens with two attached hydrogens (primary N) is 1. The van der Waals surface area contributed by atoms with Gasteiger partial charge in [0.25, 0.3) is 10.0 Å². The first-order chi connectivity index (χ1) is 12.6. The highest BCUT2D eigenvalue weighted by molar-refractivity contribution is 7.90. The van der Waals surface area contributed by atoms with Crippen LogP contribution >= 0.6 is 0 Å². The number of benzene rings is 2. The molecule has 2 aromatic rings. The van der Waals surface area contributed by atoms with Crippen molar-refractivity contribution in [2.45, 2.75) is 11.4 Å². The molecule has 27 heavy (non-hydrogen) atoms. The van der Waals surface area contributed by atoms with E-state index in [4.69, 9.17) is 10.8 Å². The Morgan fingerprint density at radius 1 is 1.07 bits per heavy atom. The first kappa shape index (κ1) is 18.4. The largest absolute Gasteiger partial charge is 0.478 e. The molecule has 3 N–H and O–H groups in total. The monoisotopic (exact) mass is 389 g/mol. The van der Waals surface area contributed by atoms with Crippen LogP contribution in [-0.4, -0.2) is 42.8 Å². The normalized spacial score (nSPS) is 15.4. The fourth-order valence-corrected chi connectivity index (χ4v) is 4.35. The van der Waals surface area contributed by atoms with Crippen molar-refractivity contribution < 1.29 is 27.9 Å². The smallest absolute Gasteiger partial charge is 0.338 e. The van der Waals surface area contributed by atoms with Gasteiger partial charge in [0.1, 0.15) is 4.90 Å². The zero-order chi connectivity index (χ0) is 19.9. The van der Waals surface area contributed by atoms with Gasteiger partial charge in [-0.2, -0.15) is 0 Å². The molecule has 9 nitrogen and oxygen atoms in total. The number of fused-ring (bicyclic) bond motifs is 1. The molecule has 0 bridgehead atoms. The summed E-state index contributed by atoms with van der Waals surface area (Å²) in [4.78, 5) is 35.8. The van der Waals surface area contributed by atoms with Crippen molar-refractivity contribution in [3.8, 4) is 0 Å². The van der Waals surface area contributed by atoms with E-state index in [0.29, 0.717) is 9.87 Å². The third-order valence-electron chi connectivity index (χ3n) is 4.20. The van der Waals surface area contributed by atoms with Gasteiger partial charge in [0.15, 0.2) is 0 Å². The van der Waals surface area contributed by atoms with Crippen LogP contribution in [0.2, 0.25) is 0 Å². The first-order valence-electron chi connectivity index (χ1n) is 7.69. The Bertz CT molecular complexity index is 1060. The molecule has 3 rings (SSSR count). The summed E-state index contributed by atoms with van der Waals surface area (Å²) in [5, 5.41) is 9.12. The summed E-state index contributed by atoms with van der Waals surface area (Å²) < 4.78 is 26.5. The molecule has 0 saturated heterocycles. The Morgan fingerprint density at radius 2 is 1.67 bits per heavy atom. The fraction of sp³-hybridized carbons (Fsp3) is 0.118. The van der Waals surface area contributed by atoms with E-state index in [9.17, 15) is 22.8 Å². The minimum Gasteiger partial charge on any atom is -0.478 e. The number of carbonyl (C=O) groups excluding carboxylic acids is 2. The molecule has 0 spiro atoms. The number of urea groups is 1. The van der Waals surface area contributed by atoms with E-state index in [1.165, 1.54) is 43.4 Å². The molecular weight excluding hydrogens is 374 g/mol. The summed E-state index contributed by atoms with van der Waals surface area (Å²) in [6.45, 7) is -0.277. The molecule has 1 aliphatic rings. The number of nitrogens with zero attached hydrogens (tertiary/aromatic N) is 2. The maximum atomic E-state index is 12.9. The van der Waals surface area contributed by atoms with Crippen LogP contribution in [0, 0.1) is 0 Å². The van der Waals surface area contributed by atoms with Gasteiger partial charge in [0.2, 0.25) is 5.91 Å². The lowest BCUT2D eigenvalue weighted by molar-refractivity contribution is 0.0696. The van der Waals surface area contributed by atoms with Gasteiger partial charge in [-0.05, 0) is 35.9 Å². The van der Waals surface area contributed by atoms with Crippen molar-refractivity contribution in [2.75, 3.05) is 11.9 Å². The SMILES string of the molecule is CN1C(=O)N(Cc2ccc(C(N)=O)cc2)S(=O)(=O)c2cc(C(=O)O)ccc21. The lowest BCUT2D eigenvalue weighted by atomic mass is 10.1. The highest BCUT2D eigenvalue weighted by Crippen LogP contribution is 2.35. The molecule has 1 heterocycles. The summed E-state index contributed by atoms with van der Waals surface area (Å²) in [6.07, 6.45) is 0. The minimum atomic E-state index is -4.26. The van der Waals surface area contributed by atoms with Crippen molar-refractivity contribution in [3.63, 3.8) is 0 Å². The average molecular weight is 389 g/mol. The number of hydrogen-bond acceptors (Lipinski definition) is 5. The number of amides is 3. The molecule has 10 heteroatoms. The molecule has 1 aliphatic heterocycles. The van der Waals surface area contributed by atoms with Crippen LogP contribution < -0.4 is 10.6 Å². The van der Waals surface area contributed by atoms with Crippen molar-refractivity contribution in [1.29, 1.82) is 0 Å². The van der Waals surface area contributed by atoms with Gasteiger partial charge < -0.3 is 10.8 Å². The van der Waals surface area contributed by atoms with Crippen LogP contribution in [0.4, 0.5) is 10.5 Å². The third kappa shape index (κ3) is 3.10. The molecule has 0 aliphatic carbocycles. The van der Waals surface area contributed by atoms with E-state index in [-0.39, 0.29) is 28.3 Å². The Kier molecular flexibility index (Phi) is 4.36. The number of rotatable bonds is 4. The molecule has 0 atom stereocenters. The van der Waals surface area contributed by atoms with E-state index in [2.05, 4.69) is 0 Å². The number of hydrogen-bond donors (Lipinski definition) is 2. The summed E-state index contributed by atoms with van der Waals surface area (Å²) in [6, 6.07) is 8.62. The number of carboxylic acids is 1. The molecule has 0 fully saturated rings. The van der Waals surface area contributed by atoms with Crippen molar-refractivity contribution >= 4 is 33.6 Å². The van der Waals surface area contributed by atoms with Crippen LogP contribution in [0.25, 0.3) is 0 Å². The molecular formula is C17H15N3O6S. The third-order valence-corrected chi connectivity index (χ3v) is 5.95. The predicted octanol–water partition coefficient (Wildman–Crippen LogP) is 1.24. The Hall–Kier alpha value is -3.40. The van der Waals surface area contributed by atoms with Gasteiger partial charge in [0, 0.05) is 12.6 Å². The lowest BCUT2D eigenvalue weighted by Crippen LogP contribution is -2.48. The molecule has 140 valence electrons. The quantitative estimate of drug-likeness (QED) is 0.807. The van der Waals surface area contributed by atoms with Gasteiger partial charge in [-0.3, -0.25) is 9.69 Å². The maximum Gasteiger partial charge on any atom is 0.338 e. The standard InChI is InChI=1S/C17H15N3O6S/c1-19-13-7-6-12(16(22)23)8-14(13)27(25,26)20(17(19)24)9-10-2-4-11(5-3-10)15(18)21/h2-8H,9H2,1H3,(H2,18,21)(H,22,23). The molecule has 0 saturated carbocycles. The van der Waals surface area contributed by atoms with E-state index in [1.807, 2.05) is 0 Å². The lowest BCUT2D eigenvalue weighted by Gasteiger charge is -2.34. The molecule has 0 unspecified atom stereocenters. The van der Waals surface area contributed by atoms with Crippen LogP contribution in [0.5, 0.6) is 0 Å². The number of primary amides is 1. The molecule has 3 amide bonds. The minimum absolute atomic E-state index is 0.102. The highest BCUT2D eigenvalue weighted by atomic mass is 32.2. The van der Waals surface area contributed by atoms with E-state index in [0.717, 1.165) is 11.0 Å². The summed E-state index contributed by atoms with van der Waals surface area (Å²) in [5.41, 5.74) is 5.78. The second-order valence-electron chi connectivity index (χ2n) is 5.90. The Balaban J connectivity index is 2.04. The van der Waals surface area contributed by atoms with Crippen LogP contribution in [0.15, 0.2) is 47.4 Å². The van der Waals surface area contributed by atoms with E-state index < -0.39 is 27.9 Å². The fourth-order valence-electron chi connectivity index (χ4n) is 2.72. The van der Waals surface area contributed by atoms with Crippen molar-refractivity contribution in [1.82, 2.24) is 4.31 Å². The first-order valence-corrected chi connectivity index (χ1v) is 9.13. The van der Waals surface area contributed by atoms with Gasteiger partial charge in [-0.1, -0.05) is 12.1 Å². The predicted molar refractivity (Wildman–Crippen MR) is 94.9 cm³/mol. The number of carboxylic acid groups (broad SMARTS) is 1. The van der Waals surface area contributed by atoms with Gasteiger partial charge in [-0.25, -0.2) is 22.3 Å². The van der Waals surface area contributed by atoms with Gasteiger partial charge >= 0.3 is 12.0 Å². The molecule has 0 aromatic heterocycles. The summed E-state index contributed by atoms with van der Waals surface area (Å²) in [7, 11) is -2.86. The van der Waals surface area contributed by atoms with Gasteiger partial charge in [0.05, 0.1) is 17.8 Å². The van der Waals surface area contributed by atoms with Crippen molar-refractivity contribution in [3.05, 3.63) is 59.2 Å². The average Bonchev–Trinajstić information content (AvgIpc) is 2.63. The summed E-state index contributed by atoms with van der Waals surface area (Å²) >= 11 is 0. The van der Waals surface area contributed by atoms with Crippen molar-refractivity contribution in [2.24, 2.45) is 5.73 Å². The van der Waals surface area contributed by atoms with E-state index >= 15 is 0 Å². The van der Waals surface area contributed by atoms with Crippen LogP contribution in [0.3, 0.4) is 0 Å². The number of carbonyl (C=O) groups is 3. The second-order valence-corrected chi connectivity index (χ2v) is 7.73. The zero-order valence-electron chi connectivity index (χ0n) is 14.1. The number of aromatic carboxylic acids is 1. The molecule has 2 aromatic carbocycles. The zero-order valence-corrected chi connectivity index (χ0v) is 14.9. The Labute approximate surface area is 154 Å². The topological polar surface area (TPSA) is 138 Å². The van der Waals surface area contributed by atoms with Gasteiger partial charge in [-0.15, -0.1) is 0 Å². The van der Waals surface area contributed by atoms with Crippen LogP contribution in [0.1, 0.15) is 26.3 Å². The maximum absolute atomic E-state index is 12.9. The molecule has 0 radical (unpaired) electrons. The van der Waals surface area contributed by atoms with E-state index in [1.54, 1.807) is 0 Å². The summed E-state index contributed by atoms with van der Waals surface area (Å²) in [5.74, 6) is -1.90. The highest BCUT2D eigenvalue weighted by Gasteiger charge is 2.40.